The van der Waals surface area contributed by atoms with Crippen molar-refractivity contribution < 1.29 is 32.2 Å². The molecule has 0 aliphatic heterocycles. The van der Waals surface area contributed by atoms with E-state index >= 15 is 0 Å². The molecule has 1 amide bonds. The zero-order valence-electron chi connectivity index (χ0n) is 26.9. The second-order valence-corrected chi connectivity index (χ2v) is 13.2. The molecule has 0 radical (unpaired) electrons. The molecule has 2 aromatic heterocycles. The molecule has 12 heteroatoms. The molecule has 2 N–H and O–H groups in total. The average Bonchev–Trinajstić information content (AvgIpc) is 3.79. The van der Waals surface area contributed by atoms with Crippen LogP contribution in [0.15, 0.2) is 65.7 Å². The number of fused-ring (bicyclic) bond motifs is 2. The third-order valence-corrected chi connectivity index (χ3v) is 9.76. The number of rotatable bonds is 12. The number of hydrogen-bond donors (Lipinski definition) is 2. The number of methoxy groups -OCH3 is 2. The number of aromatic amines is 1. The summed E-state index contributed by atoms with van der Waals surface area (Å²) in [6.07, 6.45) is 4.45. The normalized spacial score (nSPS) is 13.8. The summed E-state index contributed by atoms with van der Waals surface area (Å²) in [7, 11) is -1.08. The molecule has 246 valence electrons. The van der Waals surface area contributed by atoms with Crippen LogP contribution in [-0.4, -0.2) is 51.3 Å². The molecule has 47 heavy (non-hydrogen) atoms. The topological polar surface area (TPSA) is 138 Å². The van der Waals surface area contributed by atoms with E-state index in [1.54, 1.807) is 55.7 Å². The Hall–Kier alpha value is -4.97. The number of aromatic nitrogens is 2. The zero-order valence-corrected chi connectivity index (χ0v) is 27.7. The van der Waals surface area contributed by atoms with E-state index in [1.807, 2.05) is 26.0 Å². The number of carbonyl (C=O) groups is 1. The first-order valence-corrected chi connectivity index (χ1v) is 17.0. The van der Waals surface area contributed by atoms with Gasteiger partial charge in [0.05, 0.1) is 66.1 Å². The number of H-pyrrole nitrogens is 1. The maximum Gasteiger partial charge on any atom is 0.266 e. The number of carbonyl (C=O) groups excluding carboxylic acids is 1. The summed E-state index contributed by atoms with van der Waals surface area (Å²) in [5, 5.41) is 1.73. The number of aryl methyl sites for hydroxylation is 1. The van der Waals surface area contributed by atoms with Crippen LogP contribution in [0.5, 0.6) is 23.0 Å². The van der Waals surface area contributed by atoms with Gasteiger partial charge < -0.3 is 23.9 Å². The van der Waals surface area contributed by atoms with Gasteiger partial charge in [-0.05, 0) is 75.1 Å². The van der Waals surface area contributed by atoms with Crippen LogP contribution in [-0.2, 0) is 26.0 Å². The Labute approximate surface area is 272 Å². The molecular weight excluding hydrogens is 622 g/mol. The minimum Gasteiger partial charge on any atom is -0.496 e. The summed E-state index contributed by atoms with van der Waals surface area (Å²) < 4.78 is 53.4. The van der Waals surface area contributed by atoms with Crippen LogP contribution in [0.3, 0.4) is 0 Å². The molecule has 1 fully saturated rings. The molecule has 0 saturated heterocycles. The molecule has 0 atom stereocenters. The van der Waals surface area contributed by atoms with Crippen molar-refractivity contribution in [2.24, 2.45) is 0 Å². The van der Waals surface area contributed by atoms with Crippen LogP contribution in [0, 0.1) is 6.92 Å². The highest BCUT2D eigenvalue weighted by molar-refractivity contribution is 7.89. The number of nitrogens with one attached hydrogen (secondary N) is 2. The zero-order chi connectivity index (χ0) is 33.5. The van der Waals surface area contributed by atoms with E-state index < -0.39 is 27.1 Å². The number of benzene rings is 3. The van der Waals surface area contributed by atoms with Crippen molar-refractivity contribution >= 4 is 37.6 Å². The largest absolute Gasteiger partial charge is 0.496 e. The lowest BCUT2D eigenvalue weighted by molar-refractivity contribution is -0.121. The Morgan fingerprint density at radius 3 is 2.26 bits per heavy atom. The highest BCUT2D eigenvalue weighted by Crippen LogP contribution is 2.55. The van der Waals surface area contributed by atoms with E-state index in [1.165, 1.54) is 18.8 Å². The fourth-order valence-corrected chi connectivity index (χ4v) is 7.51. The molecule has 2 heterocycles. The van der Waals surface area contributed by atoms with Crippen LogP contribution in [0.4, 0.5) is 0 Å². The molecule has 1 saturated carbocycles. The standard InChI is InChI=1S/C35H37N3O8S/c1-6-45-31-23-10-9-17-36-30(23)32(46-7-2)24-19-38(33(39)28(24)31)25-14-13-22(18-21(25)3)20-47(41,42)37-34(40)35(15-16-35)29-26(43-4)11-8-12-27(29)44-5/h8-14,17-19,36H,6-7,15-16,20H2,1-5H3,(H,37,40). The minimum atomic E-state index is -4.08. The van der Waals surface area contributed by atoms with Crippen LogP contribution in [0.2, 0.25) is 0 Å². The fourth-order valence-electron chi connectivity index (χ4n) is 6.34. The Kier molecular flexibility index (Phi) is 8.39. The van der Waals surface area contributed by atoms with Crippen molar-refractivity contribution in [3.63, 3.8) is 0 Å². The summed E-state index contributed by atoms with van der Waals surface area (Å²) in [5.74, 6) is 0.891. The first-order valence-electron chi connectivity index (χ1n) is 15.4. The second kappa shape index (κ2) is 12.3. The van der Waals surface area contributed by atoms with Gasteiger partial charge in [-0.25, -0.2) is 8.42 Å². The van der Waals surface area contributed by atoms with Crippen molar-refractivity contribution in [1.82, 2.24) is 14.3 Å². The first-order chi connectivity index (χ1) is 22.6. The Balaban J connectivity index is 1.32. The summed E-state index contributed by atoms with van der Waals surface area (Å²) in [6, 6.07) is 14.0. The Morgan fingerprint density at radius 2 is 1.64 bits per heavy atom. The summed E-state index contributed by atoms with van der Waals surface area (Å²) in [5.41, 5.74) is 1.62. The maximum atomic E-state index is 14.0. The van der Waals surface area contributed by atoms with Gasteiger partial charge in [0, 0.05) is 17.8 Å². The number of hydrogen-bond acceptors (Lipinski definition) is 8. The molecule has 5 aromatic rings. The smallest absolute Gasteiger partial charge is 0.266 e. The fraction of sp³-hybridized carbons (Fsp3) is 0.314. The molecule has 0 unspecified atom stereocenters. The van der Waals surface area contributed by atoms with Crippen molar-refractivity contribution in [2.75, 3.05) is 27.4 Å². The lowest BCUT2D eigenvalue weighted by atomic mass is 9.93. The molecule has 1 aliphatic carbocycles. The summed E-state index contributed by atoms with van der Waals surface area (Å²) in [4.78, 5) is 30.7. The molecule has 11 nitrogen and oxygen atoms in total. The van der Waals surface area contributed by atoms with Gasteiger partial charge in [0.1, 0.15) is 17.2 Å². The Morgan fingerprint density at radius 1 is 0.957 bits per heavy atom. The van der Waals surface area contributed by atoms with Crippen molar-refractivity contribution in [2.45, 2.75) is 44.8 Å². The second-order valence-electron chi connectivity index (χ2n) is 11.5. The number of sulfonamides is 1. The highest BCUT2D eigenvalue weighted by Gasteiger charge is 2.55. The van der Waals surface area contributed by atoms with Crippen LogP contribution < -0.4 is 29.2 Å². The highest BCUT2D eigenvalue weighted by atomic mass is 32.2. The van der Waals surface area contributed by atoms with Gasteiger partial charge in [-0.2, -0.15) is 0 Å². The van der Waals surface area contributed by atoms with Gasteiger partial charge in [0.2, 0.25) is 15.9 Å². The third-order valence-electron chi connectivity index (χ3n) is 8.55. The van der Waals surface area contributed by atoms with Crippen LogP contribution in [0.25, 0.3) is 27.4 Å². The average molecular weight is 660 g/mol. The van der Waals surface area contributed by atoms with Gasteiger partial charge >= 0.3 is 0 Å². The SMILES string of the molecule is CCOc1c2cn(-c3ccc(CS(=O)(=O)NC(=O)C4(c5c(OC)cccc5OC)CC4)cc3C)c(=O)c2c(OCC)c2ccc[nH]c12. The summed E-state index contributed by atoms with van der Waals surface area (Å²) in [6.45, 7) is 6.31. The van der Waals surface area contributed by atoms with E-state index in [-0.39, 0.29) is 5.56 Å². The predicted molar refractivity (Wildman–Crippen MR) is 180 cm³/mol. The molecule has 6 rings (SSSR count). The summed E-state index contributed by atoms with van der Waals surface area (Å²) >= 11 is 0. The number of amides is 1. The van der Waals surface area contributed by atoms with Crippen molar-refractivity contribution in [3.8, 4) is 28.7 Å². The number of pyridine rings is 1. The number of nitrogens with zero attached hydrogens (tertiary/aromatic N) is 1. The Bertz CT molecular complexity index is 2160. The molecule has 0 spiro atoms. The molecular formula is C35H37N3O8S. The van der Waals surface area contributed by atoms with Crippen LogP contribution in [0.1, 0.15) is 43.4 Å². The lowest BCUT2D eigenvalue weighted by Crippen LogP contribution is -2.39. The van der Waals surface area contributed by atoms with Gasteiger partial charge in [0.25, 0.3) is 5.56 Å². The molecule has 3 aromatic carbocycles. The van der Waals surface area contributed by atoms with E-state index in [0.29, 0.717) is 82.2 Å². The lowest BCUT2D eigenvalue weighted by Gasteiger charge is -2.21. The van der Waals surface area contributed by atoms with Crippen molar-refractivity contribution in [3.05, 3.63) is 88.0 Å². The van der Waals surface area contributed by atoms with E-state index in [4.69, 9.17) is 18.9 Å². The van der Waals surface area contributed by atoms with Gasteiger partial charge in [-0.3, -0.25) is 18.9 Å². The monoisotopic (exact) mass is 659 g/mol. The number of ether oxygens (including phenoxy) is 4. The van der Waals surface area contributed by atoms with E-state index in [9.17, 15) is 18.0 Å². The quantitative estimate of drug-likeness (QED) is 0.185. The third kappa shape index (κ3) is 5.56. The van der Waals surface area contributed by atoms with Gasteiger partial charge in [-0.1, -0.05) is 18.2 Å². The van der Waals surface area contributed by atoms with Crippen LogP contribution >= 0.6 is 0 Å². The minimum absolute atomic E-state index is 0.285. The molecule has 1 aliphatic rings. The maximum absolute atomic E-state index is 14.0. The van der Waals surface area contributed by atoms with Crippen molar-refractivity contribution in [1.29, 1.82) is 0 Å². The first kappa shape index (κ1) is 32.0. The van der Waals surface area contributed by atoms with Gasteiger partial charge in [-0.15, -0.1) is 0 Å². The van der Waals surface area contributed by atoms with E-state index in [0.717, 1.165) is 10.9 Å². The predicted octanol–water partition coefficient (Wildman–Crippen LogP) is 5.27. The molecule has 0 bridgehead atoms. The van der Waals surface area contributed by atoms with Gasteiger partial charge in [0.15, 0.2) is 5.75 Å². The van der Waals surface area contributed by atoms with E-state index in [2.05, 4.69) is 9.71 Å².